The molecule has 0 saturated carbocycles. The van der Waals surface area contributed by atoms with Crippen LogP contribution in [0.15, 0.2) is 47.4 Å². The van der Waals surface area contributed by atoms with Crippen molar-refractivity contribution in [2.45, 2.75) is 38.2 Å². The highest BCUT2D eigenvalue weighted by Crippen LogP contribution is 2.13. The van der Waals surface area contributed by atoms with E-state index < -0.39 is 10.0 Å². The molecule has 0 fully saturated rings. The van der Waals surface area contributed by atoms with E-state index in [1.54, 1.807) is 12.1 Å². The van der Waals surface area contributed by atoms with Gasteiger partial charge in [0.15, 0.2) is 0 Å². The number of primary sulfonamides is 1. The Balaban J connectivity index is 1.86. The highest BCUT2D eigenvalue weighted by Gasteiger charge is 2.09. The molecule has 0 aromatic heterocycles. The van der Waals surface area contributed by atoms with Crippen molar-refractivity contribution in [2.24, 2.45) is 5.14 Å². The summed E-state index contributed by atoms with van der Waals surface area (Å²) in [5, 5.41) is 5.04. The van der Waals surface area contributed by atoms with Gasteiger partial charge in [-0.3, -0.25) is 4.79 Å². The summed E-state index contributed by atoms with van der Waals surface area (Å²) >= 11 is 0. The lowest BCUT2D eigenvalue weighted by atomic mass is 10.1. The van der Waals surface area contributed by atoms with Crippen LogP contribution in [0, 0.1) is 13.8 Å². The van der Waals surface area contributed by atoms with Gasteiger partial charge in [-0.15, -0.1) is 0 Å². The molecule has 6 heteroatoms. The Bertz CT molecular complexity index is 827. The van der Waals surface area contributed by atoms with Crippen LogP contribution in [0.4, 0.5) is 0 Å². The largest absolute Gasteiger partial charge is 0.461 e. The van der Waals surface area contributed by atoms with Gasteiger partial charge in [0.25, 0.3) is 0 Å². The van der Waals surface area contributed by atoms with Crippen LogP contribution in [0.1, 0.15) is 28.7 Å². The minimum absolute atomic E-state index is 0.0590. The molecule has 2 aromatic rings. The van der Waals surface area contributed by atoms with E-state index in [4.69, 9.17) is 9.88 Å². The third kappa shape index (κ3) is 5.18. The minimum Gasteiger partial charge on any atom is -0.461 e. The predicted octanol–water partition coefficient (Wildman–Crippen LogP) is 2.63. The summed E-state index contributed by atoms with van der Waals surface area (Å²) in [4.78, 5) is 11.9. The van der Waals surface area contributed by atoms with Crippen molar-refractivity contribution in [2.75, 3.05) is 0 Å². The molecule has 0 spiro atoms. The first kappa shape index (κ1) is 18.2. The minimum atomic E-state index is -3.69. The normalized spacial score (nSPS) is 11.3. The van der Waals surface area contributed by atoms with Crippen LogP contribution in [0.3, 0.4) is 0 Å². The molecular weight excluding hydrogens is 326 g/mol. The fraction of sp³-hybridized carbons (Fsp3) is 0.278. The van der Waals surface area contributed by atoms with Gasteiger partial charge in [-0.2, -0.15) is 0 Å². The number of esters is 1. The Morgan fingerprint density at radius 3 is 2.38 bits per heavy atom. The van der Waals surface area contributed by atoms with E-state index in [1.807, 2.05) is 32.0 Å². The molecule has 0 aliphatic heterocycles. The van der Waals surface area contributed by atoms with Crippen LogP contribution in [0.2, 0.25) is 0 Å². The van der Waals surface area contributed by atoms with Crippen LogP contribution < -0.4 is 5.14 Å². The van der Waals surface area contributed by atoms with Crippen molar-refractivity contribution in [1.82, 2.24) is 0 Å². The van der Waals surface area contributed by atoms with Gasteiger partial charge in [-0.25, -0.2) is 13.6 Å². The molecule has 5 nitrogen and oxygen atoms in total. The van der Waals surface area contributed by atoms with Gasteiger partial charge >= 0.3 is 5.97 Å². The summed E-state index contributed by atoms with van der Waals surface area (Å²) in [7, 11) is -3.69. The molecule has 0 radical (unpaired) electrons. The Morgan fingerprint density at radius 2 is 1.75 bits per heavy atom. The van der Waals surface area contributed by atoms with Gasteiger partial charge in [-0.1, -0.05) is 35.9 Å². The zero-order chi connectivity index (χ0) is 17.7. The Kier molecular flexibility index (Phi) is 5.75. The standard InChI is InChI=1S/C18H21NO4S/c1-13-3-4-14(2)16(11-13)12-23-18(20)10-7-15-5-8-17(9-6-15)24(19,21)22/h3-6,8-9,11H,7,10,12H2,1-2H3,(H2,19,21,22). The van der Waals surface area contributed by atoms with E-state index in [0.717, 1.165) is 22.3 Å². The zero-order valence-electron chi connectivity index (χ0n) is 13.8. The first-order valence-electron chi connectivity index (χ1n) is 7.59. The monoisotopic (exact) mass is 347 g/mol. The first-order chi connectivity index (χ1) is 11.3. The number of rotatable bonds is 6. The maximum atomic E-state index is 11.9. The average molecular weight is 347 g/mol. The second-order valence-electron chi connectivity index (χ2n) is 5.78. The number of nitrogens with two attached hydrogens (primary N) is 1. The SMILES string of the molecule is Cc1ccc(C)c(COC(=O)CCc2ccc(S(N)(=O)=O)cc2)c1. The van der Waals surface area contributed by atoms with Crippen LogP contribution in [-0.2, 0) is 32.6 Å². The lowest BCUT2D eigenvalue weighted by Crippen LogP contribution is -2.12. The molecule has 128 valence electrons. The van der Waals surface area contributed by atoms with Gasteiger partial charge in [0.05, 0.1) is 4.90 Å². The smallest absolute Gasteiger partial charge is 0.306 e. The summed E-state index contributed by atoms with van der Waals surface area (Å²) in [5.74, 6) is -0.286. The fourth-order valence-corrected chi connectivity index (χ4v) is 2.79. The van der Waals surface area contributed by atoms with E-state index >= 15 is 0 Å². The molecule has 0 heterocycles. The highest BCUT2D eigenvalue weighted by molar-refractivity contribution is 7.89. The zero-order valence-corrected chi connectivity index (χ0v) is 14.6. The lowest BCUT2D eigenvalue weighted by Gasteiger charge is -2.09. The van der Waals surface area contributed by atoms with Crippen molar-refractivity contribution < 1.29 is 17.9 Å². The maximum absolute atomic E-state index is 11.9. The molecule has 2 N–H and O–H groups in total. The molecule has 0 saturated heterocycles. The van der Waals surface area contributed by atoms with Crippen molar-refractivity contribution in [1.29, 1.82) is 0 Å². The van der Waals surface area contributed by atoms with Gasteiger partial charge in [0, 0.05) is 6.42 Å². The van der Waals surface area contributed by atoms with Crippen molar-refractivity contribution in [3.63, 3.8) is 0 Å². The number of carbonyl (C=O) groups excluding carboxylic acids is 1. The summed E-state index contributed by atoms with van der Waals surface area (Å²) in [6.07, 6.45) is 0.718. The Labute approximate surface area is 142 Å². The molecule has 0 aliphatic rings. The summed E-state index contributed by atoms with van der Waals surface area (Å²) in [6.45, 7) is 4.24. The number of aryl methyl sites for hydroxylation is 3. The van der Waals surface area contributed by atoms with Crippen LogP contribution in [0.25, 0.3) is 0 Å². The highest BCUT2D eigenvalue weighted by atomic mass is 32.2. The van der Waals surface area contributed by atoms with Crippen LogP contribution in [0.5, 0.6) is 0 Å². The molecule has 0 atom stereocenters. The second kappa shape index (κ2) is 7.59. The fourth-order valence-electron chi connectivity index (χ4n) is 2.28. The Hall–Kier alpha value is -2.18. The van der Waals surface area contributed by atoms with Gasteiger partial charge in [0.2, 0.25) is 10.0 Å². The van der Waals surface area contributed by atoms with E-state index in [1.165, 1.54) is 12.1 Å². The number of sulfonamides is 1. The maximum Gasteiger partial charge on any atom is 0.306 e. The molecule has 0 unspecified atom stereocenters. The van der Waals surface area contributed by atoms with E-state index in [-0.39, 0.29) is 23.9 Å². The molecule has 24 heavy (non-hydrogen) atoms. The van der Waals surface area contributed by atoms with Gasteiger partial charge in [0.1, 0.15) is 6.61 Å². The van der Waals surface area contributed by atoms with Crippen LogP contribution in [-0.4, -0.2) is 14.4 Å². The molecular formula is C18H21NO4S. The van der Waals surface area contributed by atoms with Crippen molar-refractivity contribution >= 4 is 16.0 Å². The Morgan fingerprint density at radius 1 is 1.08 bits per heavy atom. The number of ether oxygens (including phenoxy) is 1. The number of benzene rings is 2. The van der Waals surface area contributed by atoms with E-state index in [0.29, 0.717) is 6.42 Å². The topological polar surface area (TPSA) is 86.5 Å². The molecule has 0 bridgehead atoms. The molecule has 0 aliphatic carbocycles. The van der Waals surface area contributed by atoms with E-state index in [9.17, 15) is 13.2 Å². The lowest BCUT2D eigenvalue weighted by molar-refractivity contribution is -0.144. The number of hydrogen-bond acceptors (Lipinski definition) is 4. The van der Waals surface area contributed by atoms with Crippen molar-refractivity contribution in [3.05, 3.63) is 64.7 Å². The van der Waals surface area contributed by atoms with E-state index in [2.05, 4.69) is 0 Å². The quantitative estimate of drug-likeness (QED) is 0.814. The molecule has 0 amide bonds. The first-order valence-corrected chi connectivity index (χ1v) is 9.14. The third-order valence-corrected chi connectivity index (χ3v) is 4.69. The van der Waals surface area contributed by atoms with Gasteiger partial charge in [-0.05, 0) is 49.1 Å². The van der Waals surface area contributed by atoms with Crippen LogP contribution >= 0.6 is 0 Å². The molecule has 2 aromatic carbocycles. The number of hydrogen-bond donors (Lipinski definition) is 1. The average Bonchev–Trinajstić information content (AvgIpc) is 2.53. The predicted molar refractivity (Wildman–Crippen MR) is 91.8 cm³/mol. The molecule has 2 rings (SSSR count). The second-order valence-corrected chi connectivity index (χ2v) is 7.34. The van der Waals surface area contributed by atoms with Gasteiger partial charge < -0.3 is 4.74 Å². The summed E-state index contributed by atoms with van der Waals surface area (Å²) < 4.78 is 27.7. The number of carbonyl (C=O) groups is 1. The van der Waals surface area contributed by atoms with Crippen molar-refractivity contribution in [3.8, 4) is 0 Å². The third-order valence-electron chi connectivity index (χ3n) is 3.76. The summed E-state index contributed by atoms with van der Waals surface area (Å²) in [5.41, 5.74) is 4.07. The summed E-state index contributed by atoms with van der Waals surface area (Å²) in [6, 6.07) is 12.2.